The predicted octanol–water partition coefficient (Wildman–Crippen LogP) is 8.51. The number of ether oxygens (including phenoxy) is 2. The molecule has 4 aliphatic carbocycles. The molecule has 3 saturated carbocycles. The van der Waals surface area contributed by atoms with Crippen molar-refractivity contribution in [3.8, 4) is 0 Å². The molecular weight excluding hydrogens is 522 g/mol. The smallest absolute Gasteiger partial charge is 0.307 e. The summed E-state index contributed by atoms with van der Waals surface area (Å²) in [6.07, 6.45) is 17.3. The van der Waals surface area contributed by atoms with Crippen LogP contribution in [0.3, 0.4) is 0 Å². The summed E-state index contributed by atoms with van der Waals surface area (Å²) in [7, 11) is 0. The van der Waals surface area contributed by atoms with Crippen LogP contribution in [-0.2, 0) is 19.1 Å². The second kappa shape index (κ2) is 14.6. The summed E-state index contributed by atoms with van der Waals surface area (Å²) in [5, 5.41) is 3.16. The summed E-state index contributed by atoms with van der Waals surface area (Å²) >= 11 is 0. The zero-order valence-corrected chi connectivity index (χ0v) is 28.1. The Bertz CT molecular complexity index is 944. The molecule has 0 saturated heterocycles. The average molecular weight is 586 g/mol. The molecule has 9 atom stereocenters. The van der Waals surface area contributed by atoms with Gasteiger partial charge < -0.3 is 14.8 Å². The first kappa shape index (κ1) is 33.5. The van der Waals surface area contributed by atoms with Gasteiger partial charge in [-0.1, -0.05) is 66.0 Å². The molecule has 0 spiro atoms. The van der Waals surface area contributed by atoms with Gasteiger partial charge in [-0.05, 0) is 111 Å². The second-order valence-electron chi connectivity index (χ2n) is 15.4. The van der Waals surface area contributed by atoms with Crippen LogP contribution in [0.2, 0.25) is 0 Å². The van der Waals surface area contributed by atoms with Crippen LogP contribution >= 0.6 is 0 Å². The first-order chi connectivity index (χ1) is 20.0. The highest BCUT2D eigenvalue weighted by molar-refractivity contribution is 5.70. The molecule has 0 aliphatic heterocycles. The van der Waals surface area contributed by atoms with Crippen molar-refractivity contribution < 1.29 is 19.1 Å². The molecule has 5 nitrogen and oxygen atoms in total. The normalized spacial score (nSPS) is 35.4. The summed E-state index contributed by atoms with van der Waals surface area (Å²) in [5.74, 6) is 5.57. The van der Waals surface area contributed by atoms with Gasteiger partial charge in [-0.15, -0.1) is 0 Å². The third-order valence-corrected chi connectivity index (χ3v) is 12.9. The first-order valence-corrected chi connectivity index (χ1v) is 17.8. The first-order valence-electron chi connectivity index (χ1n) is 17.8. The van der Waals surface area contributed by atoms with Crippen LogP contribution in [0.1, 0.15) is 132 Å². The van der Waals surface area contributed by atoms with Gasteiger partial charge in [0.15, 0.2) is 0 Å². The Balaban J connectivity index is 1.29. The van der Waals surface area contributed by atoms with E-state index in [1.165, 1.54) is 51.4 Å². The number of rotatable bonds is 14. The van der Waals surface area contributed by atoms with Gasteiger partial charge in [0.25, 0.3) is 0 Å². The van der Waals surface area contributed by atoms with E-state index in [1.807, 2.05) is 6.92 Å². The van der Waals surface area contributed by atoms with E-state index in [-0.39, 0.29) is 23.5 Å². The Morgan fingerprint density at radius 3 is 2.38 bits per heavy atom. The molecule has 0 bridgehead atoms. The lowest BCUT2D eigenvalue weighted by molar-refractivity contribution is -0.151. The summed E-state index contributed by atoms with van der Waals surface area (Å²) in [5.41, 5.74) is 2.36. The maximum absolute atomic E-state index is 12.6. The van der Waals surface area contributed by atoms with Crippen molar-refractivity contribution in [2.75, 3.05) is 19.7 Å². The van der Waals surface area contributed by atoms with E-state index in [9.17, 15) is 9.59 Å². The molecule has 0 heterocycles. The molecule has 0 amide bonds. The number of hydrogen-bond acceptors (Lipinski definition) is 5. The summed E-state index contributed by atoms with van der Waals surface area (Å²) in [6, 6.07) is 0. The lowest BCUT2D eigenvalue weighted by Crippen LogP contribution is -2.51. The van der Waals surface area contributed by atoms with Crippen LogP contribution in [-0.4, -0.2) is 37.7 Å². The number of allylic oxidation sites excluding steroid dienone is 1. The highest BCUT2D eigenvalue weighted by atomic mass is 16.5. The number of carbonyl (C=O) groups excluding carboxylic acids is 2. The van der Waals surface area contributed by atoms with Crippen molar-refractivity contribution in [3.63, 3.8) is 0 Å². The number of esters is 2. The van der Waals surface area contributed by atoms with E-state index in [1.54, 1.807) is 5.57 Å². The molecule has 0 aromatic rings. The van der Waals surface area contributed by atoms with E-state index in [2.05, 4.69) is 52.9 Å². The second-order valence-corrected chi connectivity index (χ2v) is 15.4. The molecule has 0 aromatic carbocycles. The fourth-order valence-electron chi connectivity index (χ4n) is 10.4. The van der Waals surface area contributed by atoms with Crippen molar-refractivity contribution in [3.05, 3.63) is 11.6 Å². The van der Waals surface area contributed by atoms with E-state index in [0.29, 0.717) is 38.0 Å². The topological polar surface area (TPSA) is 64.6 Å². The number of hydrogen-bond donors (Lipinski definition) is 1. The SMILES string of the molecule is CCOC(=O)CCNCCC(=O)O[C@H]1CC[C@@]2(C)C(=CC[C@@H]3[C@@H]2CC[C@]2(C)C([C@H](C)CC[C@@H](CC)C(C)C)CC[C@@H]32)C1. The third-order valence-electron chi connectivity index (χ3n) is 12.9. The van der Waals surface area contributed by atoms with Crippen molar-refractivity contribution in [2.45, 2.75) is 138 Å². The maximum Gasteiger partial charge on any atom is 0.307 e. The Morgan fingerprint density at radius 1 is 0.952 bits per heavy atom. The molecule has 5 heteroatoms. The number of nitrogens with one attached hydrogen (secondary N) is 1. The fourth-order valence-corrected chi connectivity index (χ4v) is 10.4. The summed E-state index contributed by atoms with van der Waals surface area (Å²) in [6.45, 7) is 18.3. The van der Waals surface area contributed by atoms with Crippen LogP contribution in [0.4, 0.5) is 0 Å². The van der Waals surface area contributed by atoms with Crippen LogP contribution in [0.25, 0.3) is 0 Å². The molecule has 1 N–H and O–H groups in total. The summed E-state index contributed by atoms with van der Waals surface area (Å²) < 4.78 is 10.9. The average Bonchev–Trinajstić information content (AvgIpc) is 3.30. The van der Waals surface area contributed by atoms with Gasteiger partial charge in [0.05, 0.1) is 19.4 Å². The molecule has 3 fully saturated rings. The lowest BCUT2D eigenvalue weighted by atomic mass is 9.47. The molecular formula is C37H63NO4. The minimum Gasteiger partial charge on any atom is -0.466 e. The van der Waals surface area contributed by atoms with Crippen LogP contribution < -0.4 is 5.32 Å². The van der Waals surface area contributed by atoms with Gasteiger partial charge in [0.2, 0.25) is 0 Å². The van der Waals surface area contributed by atoms with Gasteiger partial charge in [-0.3, -0.25) is 9.59 Å². The minimum atomic E-state index is -0.201. The quantitative estimate of drug-likeness (QED) is 0.126. The van der Waals surface area contributed by atoms with Gasteiger partial charge in [0, 0.05) is 19.5 Å². The molecule has 4 aliphatic rings. The monoisotopic (exact) mass is 585 g/mol. The third kappa shape index (κ3) is 7.29. The predicted molar refractivity (Wildman–Crippen MR) is 171 cm³/mol. The molecule has 0 radical (unpaired) electrons. The Morgan fingerprint density at radius 2 is 1.69 bits per heavy atom. The number of carbonyl (C=O) groups is 2. The highest BCUT2D eigenvalue weighted by Gasteiger charge is 2.59. The molecule has 4 rings (SSSR count). The Kier molecular flexibility index (Phi) is 11.7. The Hall–Kier alpha value is -1.36. The highest BCUT2D eigenvalue weighted by Crippen LogP contribution is 2.67. The summed E-state index contributed by atoms with van der Waals surface area (Å²) in [4.78, 5) is 24.0. The lowest BCUT2D eigenvalue weighted by Gasteiger charge is -2.58. The Labute approximate surface area is 257 Å². The van der Waals surface area contributed by atoms with Gasteiger partial charge >= 0.3 is 11.9 Å². The fraction of sp³-hybridized carbons (Fsp3) is 0.892. The standard InChI is InChI=1S/C37H63NO4/c1-8-27(25(3)4)11-10-26(5)31-14-15-32-30-13-12-28-24-29(16-20-36(28,6)33(30)17-21-37(31,32)7)42-35(40)19-23-38-22-18-34(39)41-9-2/h12,25-27,29-33,38H,8-11,13-24H2,1-7H3/t26-,27-,29+,30+,31?,32+,33+,36+,37-/m1/s1. The molecule has 1 unspecified atom stereocenters. The van der Waals surface area contributed by atoms with Crippen molar-refractivity contribution in [1.29, 1.82) is 0 Å². The van der Waals surface area contributed by atoms with Crippen molar-refractivity contribution >= 4 is 11.9 Å². The number of fused-ring (bicyclic) bond motifs is 5. The molecule has 0 aromatic heterocycles. The zero-order valence-electron chi connectivity index (χ0n) is 28.1. The van der Waals surface area contributed by atoms with E-state index in [4.69, 9.17) is 9.47 Å². The van der Waals surface area contributed by atoms with E-state index < -0.39 is 0 Å². The molecule has 240 valence electrons. The van der Waals surface area contributed by atoms with E-state index in [0.717, 1.165) is 60.7 Å². The van der Waals surface area contributed by atoms with Gasteiger partial charge in [-0.2, -0.15) is 0 Å². The largest absolute Gasteiger partial charge is 0.466 e. The van der Waals surface area contributed by atoms with Crippen LogP contribution in [0.15, 0.2) is 11.6 Å². The molecule has 42 heavy (non-hydrogen) atoms. The van der Waals surface area contributed by atoms with Gasteiger partial charge in [0.1, 0.15) is 6.10 Å². The van der Waals surface area contributed by atoms with Crippen LogP contribution in [0, 0.1) is 52.3 Å². The van der Waals surface area contributed by atoms with Crippen LogP contribution in [0.5, 0.6) is 0 Å². The zero-order chi connectivity index (χ0) is 30.5. The van der Waals surface area contributed by atoms with Crippen molar-refractivity contribution in [1.82, 2.24) is 5.32 Å². The van der Waals surface area contributed by atoms with E-state index >= 15 is 0 Å². The van der Waals surface area contributed by atoms with Gasteiger partial charge in [-0.25, -0.2) is 0 Å². The minimum absolute atomic E-state index is 0.0104. The van der Waals surface area contributed by atoms with Crippen molar-refractivity contribution in [2.24, 2.45) is 52.3 Å². The maximum atomic E-state index is 12.6.